The molecule has 0 spiro atoms. The van der Waals surface area contributed by atoms with Gasteiger partial charge in [0.1, 0.15) is 6.04 Å². The van der Waals surface area contributed by atoms with Gasteiger partial charge in [-0.1, -0.05) is 45.1 Å². The summed E-state index contributed by atoms with van der Waals surface area (Å²) in [6.45, 7) is 8.78. The van der Waals surface area contributed by atoms with Crippen molar-refractivity contribution < 1.29 is 9.53 Å². The number of carbonyl (C=O) groups is 1. The monoisotopic (exact) mass is 241 g/mol. The molecule has 1 atom stereocenters. The number of ether oxygens (including phenoxy) is 1. The van der Waals surface area contributed by atoms with Gasteiger partial charge in [0.25, 0.3) is 0 Å². The third-order valence-electron chi connectivity index (χ3n) is 2.68. The van der Waals surface area contributed by atoms with Crippen LogP contribution in [0.4, 0.5) is 0 Å². The topological polar surface area (TPSA) is 38.3 Å². The van der Waals surface area contributed by atoms with Crippen molar-refractivity contribution in [1.29, 1.82) is 0 Å². The first kappa shape index (κ1) is 16.2. The van der Waals surface area contributed by atoms with Crippen LogP contribution in [-0.2, 0) is 9.53 Å². The van der Waals surface area contributed by atoms with Crippen LogP contribution in [0.3, 0.4) is 0 Å². The molecule has 17 heavy (non-hydrogen) atoms. The molecule has 1 unspecified atom stereocenters. The van der Waals surface area contributed by atoms with Crippen LogP contribution in [0.15, 0.2) is 12.7 Å². The molecule has 0 aliphatic carbocycles. The minimum atomic E-state index is -0.172. The van der Waals surface area contributed by atoms with E-state index in [1.807, 2.05) is 6.92 Å². The van der Waals surface area contributed by atoms with E-state index in [1.54, 1.807) is 6.08 Å². The Bertz CT molecular complexity index is 204. The number of carbonyl (C=O) groups excluding carboxylic acids is 1. The highest BCUT2D eigenvalue weighted by molar-refractivity contribution is 5.75. The van der Waals surface area contributed by atoms with E-state index < -0.39 is 0 Å². The molecule has 100 valence electrons. The molecule has 0 aromatic carbocycles. The maximum Gasteiger partial charge on any atom is 0.323 e. The van der Waals surface area contributed by atoms with Crippen molar-refractivity contribution in [3.63, 3.8) is 0 Å². The van der Waals surface area contributed by atoms with Crippen LogP contribution in [0.2, 0.25) is 0 Å². The van der Waals surface area contributed by atoms with Gasteiger partial charge in [0.05, 0.1) is 6.61 Å². The van der Waals surface area contributed by atoms with Gasteiger partial charge in [-0.15, -0.1) is 6.58 Å². The van der Waals surface area contributed by atoms with Crippen LogP contribution in [0.1, 0.15) is 52.4 Å². The van der Waals surface area contributed by atoms with Crippen molar-refractivity contribution in [3.8, 4) is 0 Å². The molecular weight excluding hydrogens is 214 g/mol. The molecule has 0 bridgehead atoms. The van der Waals surface area contributed by atoms with Crippen molar-refractivity contribution in [3.05, 3.63) is 12.7 Å². The summed E-state index contributed by atoms with van der Waals surface area (Å²) < 4.78 is 5.04. The van der Waals surface area contributed by atoms with E-state index in [0.717, 1.165) is 12.8 Å². The molecule has 0 saturated heterocycles. The van der Waals surface area contributed by atoms with Gasteiger partial charge in [0.2, 0.25) is 0 Å². The summed E-state index contributed by atoms with van der Waals surface area (Å²) >= 11 is 0. The summed E-state index contributed by atoms with van der Waals surface area (Å²) in [5.74, 6) is -0.134. The molecular formula is C14H27NO2. The number of nitrogens with one attached hydrogen (secondary N) is 1. The van der Waals surface area contributed by atoms with Gasteiger partial charge in [-0.3, -0.25) is 4.79 Å². The minimum Gasteiger partial charge on any atom is -0.465 e. The molecule has 0 aromatic rings. The van der Waals surface area contributed by atoms with Gasteiger partial charge in [-0.05, 0) is 13.3 Å². The fourth-order valence-electron chi connectivity index (χ4n) is 1.72. The fourth-order valence-corrected chi connectivity index (χ4v) is 1.72. The smallest absolute Gasteiger partial charge is 0.323 e. The Morgan fingerprint density at radius 3 is 2.59 bits per heavy atom. The van der Waals surface area contributed by atoms with E-state index in [2.05, 4.69) is 18.8 Å². The molecule has 0 aliphatic heterocycles. The summed E-state index contributed by atoms with van der Waals surface area (Å²) in [7, 11) is 0. The van der Waals surface area contributed by atoms with Crippen LogP contribution in [0, 0.1) is 0 Å². The van der Waals surface area contributed by atoms with E-state index in [4.69, 9.17) is 4.74 Å². The van der Waals surface area contributed by atoms with Crippen molar-refractivity contribution in [1.82, 2.24) is 5.32 Å². The average molecular weight is 241 g/mol. The van der Waals surface area contributed by atoms with Crippen molar-refractivity contribution in [2.75, 3.05) is 13.2 Å². The highest BCUT2D eigenvalue weighted by Crippen LogP contribution is 2.08. The van der Waals surface area contributed by atoms with Gasteiger partial charge in [0, 0.05) is 6.54 Å². The summed E-state index contributed by atoms with van der Waals surface area (Å²) in [6.07, 6.45) is 8.68. The Balaban J connectivity index is 3.83. The normalized spacial score (nSPS) is 12.1. The second-order valence-corrected chi connectivity index (χ2v) is 4.20. The summed E-state index contributed by atoms with van der Waals surface area (Å²) in [4.78, 5) is 11.6. The molecule has 0 aromatic heterocycles. The quantitative estimate of drug-likeness (QED) is 0.343. The van der Waals surface area contributed by atoms with Crippen molar-refractivity contribution in [2.24, 2.45) is 0 Å². The average Bonchev–Trinajstić information content (AvgIpc) is 2.33. The Labute approximate surface area is 106 Å². The molecule has 0 amide bonds. The number of rotatable bonds is 11. The van der Waals surface area contributed by atoms with Crippen LogP contribution < -0.4 is 5.32 Å². The Kier molecular flexibility index (Phi) is 11.1. The minimum absolute atomic E-state index is 0.134. The van der Waals surface area contributed by atoms with Crippen LogP contribution in [0.5, 0.6) is 0 Å². The zero-order valence-electron chi connectivity index (χ0n) is 11.3. The van der Waals surface area contributed by atoms with Crippen molar-refractivity contribution >= 4 is 5.97 Å². The van der Waals surface area contributed by atoms with Gasteiger partial charge in [0.15, 0.2) is 0 Å². The van der Waals surface area contributed by atoms with E-state index in [1.165, 1.54) is 25.7 Å². The second-order valence-electron chi connectivity index (χ2n) is 4.20. The molecule has 3 heteroatoms. The molecule has 0 saturated carbocycles. The first-order valence-corrected chi connectivity index (χ1v) is 6.77. The highest BCUT2D eigenvalue weighted by Gasteiger charge is 2.17. The third-order valence-corrected chi connectivity index (χ3v) is 2.68. The van der Waals surface area contributed by atoms with Gasteiger partial charge < -0.3 is 10.1 Å². The van der Waals surface area contributed by atoms with E-state index in [-0.39, 0.29) is 12.0 Å². The zero-order chi connectivity index (χ0) is 12.9. The molecule has 0 rings (SSSR count). The van der Waals surface area contributed by atoms with E-state index in [0.29, 0.717) is 13.2 Å². The Hall–Kier alpha value is -0.830. The lowest BCUT2D eigenvalue weighted by Crippen LogP contribution is -2.38. The lowest BCUT2D eigenvalue weighted by Gasteiger charge is -2.16. The molecule has 3 nitrogen and oxygen atoms in total. The largest absolute Gasteiger partial charge is 0.465 e. The predicted molar refractivity (Wildman–Crippen MR) is 72.0 cm³/mol. The summed E-state index contributed by atoms with van der Waals surface area (Å²) in [5, 5.41) is 3.15. The lowest BCUT2D eigenvalue weighted by molar-refractivity contribution is -0.145. The highest BCUT2D eigenvalue weighted by atomic mass is 16.5. The first-order chi connectivity index (χ1) is 8.26. The fraction of sp³-hybridized carbons (Fsp3) is 0.786. The second kappa shape index (κ2) is 11.6. The van der Waals surface area contributed by atoms with Crippen LogP contribution in [0.25, 0.3) is 0 Å². The lowest BCUT2D eigenvalue weighted by atomic mass is 10.1. The van der Waals surface area contributed by atoms with Gasteiger partial charge >= 0.3 is 5.97 Å². The molecule has 0 heterocycles. The van der Waals surface area contributed by atoms with Gasteiger partial charge in [-0.2, -0.15) is 0 Å². The Morgan fingerprint density at radius 2 is 2.00 bits per heavy atom. The summed E-state index contributed by atoms with van der Waals surface area (Å²) in [6, 6.07) is -0.172. The Morgan fingerprint density at radius 1 is 1.29 bits per heavy atom. The molecule has 1 N–H and O–H groups in total. The number of unbranched alkanes of at least 4 members (excludes halogenated alkanes) is 4. The van der Waals surface area contributed by atoms with Crippen molar-refractivity contribution in [2.45, 2.75) is 58.4 Å². The van der Waals surface area contributed by atoms with Crippen LogP contribution in [-0.4, -0.2) is 25.2 Å². The standard InChI is InChI=1S/C14H27NO2/c1-4-7-8-9-10-11-13(15-12-5-2)14(16)17-6-3/h5,13,15H,2,4,6-12H2,1,3H3. The predicted octanol–water partition coefficient (Wildman–Crippen LogP) is 3.05. The SMILES string of the molecule is C=CCNC(CCCCCCC)C(=O)OCC. The maximum atomic E-state index is 11.6. The zero-order valence-corrected chi connectivity index (χ0v) is 11.3. The first-order valence-electron chi connectivity index (χ1n) is 6.77. The number of hydrogen-bond acceptors (Lipinski definition) is 3. The molecule has 0 fully saturated rings. The van der Waals surface area contributed by atoms with Gasteiger partial charge in [-0.25, -0.2) is 0 Å². The molecule has 0 aliphatic rings. The number of esters is 1. The summed E-state index contributed by atoms with van der Waals surface area (Å²) in [5.41, 5.74) is 0. The third kappa shape index (κ3) is 8.93. The van der Waals surface area contributed by atoms with E-state index in [9.17, 15) is 4.79 Å². The van der Waals surface area contributed by atoms with E-state index >= 15 is 0 Å². The van der Waals surface area contributed by atoms with Crippen LogP contribution >= 0.6 is 0 Å². The molecule has 0 radical (unpaired) electrons. The maximum absolute atomic E-state index is 11.6. The number of hydrogen-bond donors (Lipinski definition) is 1.